The Morgan fingerprint density at radius 3 is 1.64 bits per heavy atom. The quantitative estimate of drug-likeness (QED) is 0.137. The molecule has 4 aliphatic rings. The molecule has 76 heavy (non-hydrogen) atoms. The first kappa shape index (κ1) is 47.5. The number of hydrogen-bond donors (Lipinski definition) is 0. The van der Waals surface area contributed by atoms with Crippen molar-refractivity contribution in [1.29, 1.82) is 10.5 Å². The van der Waals surface area contributed by atoms with Crippen LogP contribution in [0.1, 0.15) is 44.5 Å². The van der Waals surface area contributed by atoms with Crippen LogP contribution in [-0.4, -0.2) is 6.04 Å². The molecule has 4 aliphatic carbocycles. The molecule has 0 N–H and O–H groups in total. The van der Waals surface area contributed by atoms with Gasteiger partial charge < -0.3 is 9.80 Å². The fourth-order valence-electron chi connectivity index (χ4n) is 11.9. The molecule has 0 saturated heterocycles. The van der Waals surface area contributed by atoms with Crippen LogP contribution >= 0.6 is 0 Å². The number of para-hydroxylation sites is 2. The molecule has 0 radical (unpaired) electrons. The Balaban J connectivity index is 1.05. The van der Waals surface area contributed by atoms with Gasteiger partial charge in [-0.1, -0.05) is 164 Å². The molecule has 0 fully saturated rings. The molecule has 4 heteroatoms. The van der Waals surface area contributed by atoms with Gasteiger partial charge in [-0.15, -0.1) is 0 Å². The number of rotatable bonds is 10. The summed E-state index contributed by atoms with van der Waals surface area (Å²) in [5, 5.41) is 21.8. The first-order valence-corrected chi connectivity index (χ1v) is 26.2. The molecule has 0 aromatic heterocycles. The van der Waals surface area contributed by atoms with E-state index in [0.29, 0.717) is 11.1 Å². The van der Waals surface area contributed by atoms with E-state index in [-0.39, 0.29) is 12.0 Å². The van der Waals surface area contributed by atoms with Gasteiger partial charge in [-0.2, -0.15) is 10.5 Å². The van der Waals surface area contributed by atoms with E-state index in [2.05, 4.69) is 246 Å². The van der Waals surface area contributed by atoms with Crippen LogP contribution in [0.4, 0.5) is 22.7 Å². The van der Waals surface area contributed by atoms with Crippen molar-refractivity contribution in [2.75, 3.05) is 9.80 Å². The second-order valence-electron chi connectivity index (χ2n) is 20.4. The fourth-order valence-corrected chi connectivity index (χ4v) is 11.9. The van der Waals surface area contributed by atoms with Crippen LogP contribution in [0.2, 0.25) is 0 Å². The molecular formula is C72H56N4. The lowest BCUT2D eigenvalue weighted by atomic mass is 9.67. The molecule has 2 atom stereocenters. The van der Waals surface area contributed by atoms with Crippen molar-refractivity contribution in [3.8, 4) is 56.6 Å². The Kier molecular flexibility index (Phi) is 12.1. The summed E-state index contributed by atoms with van der Waals surface area (Å²) >= 11 is 0. The summed E-state index contributed by atoms with van der Waals surface area (Å²) in [7, 11) is 0. The summed E-state index contributed by atoms with van der Waals surface area (Å²) in [6, 6.07) is 64.8. The zero-order valence-electron chi connectivity index (χ0n) is 43.7. The van der Waals surface area contributed by atoms with Gasteiger partial charge in [0.2, 0.25) is 0 Å². The van der Waals surface area contributed by atoms with Crippen molar-refractivity contribution < 1.29 is 0 Å². The third-order valence-corrected chi connectivity index (χ3v) is 16.3. The van der Waals surface area contributed by atoms with Crippen LogP contribution < -0.4 is 9.80 Å². The highest BCUT2D eigenvalue weighted by atomic mass is 15.2. The summed E-state index contributed by atoms with van der Waals surface area (Å²) in [4.78, 5) is 4.73. The predicted octanol–water partition coefficient (Wildman–Crippen LogP) is 18.0. The molecule has 0 amide bonds. The first-order chi connectivity index (χ1) is 37.1. The van der Waals surface area contributed by atoms with Crippen LogP contribution in [0.3, 0.4) is 0 Å². The van der Waals surface area contributed by atoms with Crippen molar-refractivity contribution in [1.82, 2.24) is 0 Å². The zero-order valence-corrected chi connectivity index (χ0v) is 43.7. The van der Waals surface area contributed by atoms with E-state index >= 15 is 0 Å². The van der Waals surface area contributed by atoms with Gasteiger partial charge in [0.1, 0.15) is 12.1 Å². The van der Waals surface area contributed by atoms with Crippen LogP contribution in [0.25, 0.3) is 44.5 Å². The van der Waals surface area contributed by atoms with Crippen LogP contribution in [-0.2, 0) is 0 Å². The van der Waals surface area contributed by atoms with Crippen molar-refractivity contribution in [3.05, 3.63) is 297 Å². The lowest BCUT2D eigenvalue weighted by Gasteiger charge is -2.44. The van der Waals surface area contributed by atoms with Gasteiger partial charge in [0.25, 0.3) is 0 Å². The maximum absolute atomic E-state index is 10.9. The van der Waals surface area contributed by atoms with Gasteiger partial charge in [-0.25, -0.2) is 0 Å². The third kappa shape index (κ3) is 7.99. The van der Waals surface area contributed by atoms with Gasteiger partial charge in [0, 0.05) is 22.7 Å². The highest BCUT2D eigenvalue weighted by Crippen LogP contribution is 2.54. The van der Waals surface area contributed by atoms with E-state index in [1.807, 2.05) is 36.4 Å². The highest BCUT2D eigenvalue weighted by Gasteiger charge is 2.41. The Hall–Kier alpha value is -9.48. The number of allylic oxidation sites excluding steroid dienone is 10. The van der Waals surface area contributed by atoms with Crippen molar-refractivity contribution in [2.24, 2.45) is 5.92 Å². The summed E-state index contributed by atoms with van der Waals surface area (Å²) in [5.41, 5.74) is 28.3. The number of nitriles is 2. The SMILES string of the molecule is Cc1cccc(-c2ccc(N(C3=C4C=CC5=C6C(=CC=C(C=C3)C46)C(N(c3ccccc3C#N)c3ccc(-c4cccc(C)c4C)cc3-c3ccccc3)C=C5)c3ccccc3C#N)c(-c3cccc(C)c3C)c2)c1C. The predicted molar refractivity (Wildman–Crippen MR) is 315 cm³/mol. The number of aryl methyl sites for hydroxylation is 3. The van der Waals surface area contributed by atoms with Crippen LogP contribution in [0, 0.1) is 70.1 Å². The molecule has 0 saturated carbocycles. The Labute approximate surface area is 447 Å². The molecule has 0 bridgehead atoms. The minimum absolute atomic E-state index is 0.115. The lowest BCUT2D eigenvalue weighted by molar-refractivity contribution is 0.773. The maximum Gasteiger partial charge on any atom is 0.101 e. The van der Waals surface area contributed by atoms with E-state index < -0.39 is 0 Å². The van der Waals surface area contributed by atoms with Gasteiger partial charge in [0.05, 0.1) is 39.9 Å². The normalized spacial score (nSPS) is 15.9. The average molecular weight is 977 g/mol. The van der Waals surface area contributed by atoms with Crippen LogP contribution in [0.15, 0.2) is 252 Å². The van der Waals surface area contributed by atoms with E-state index in [1.165, 1.54) is 61.2 Å². The van der Waals surface area contributed by atoms with Gasteiger partial charge in [-0.3, -0.25) is 0 Å². The first-order valence-electron chi connectivity index (χ1n) is 26.2. The van der Waals surface area contributed by atoms with Crippen molar-refractivity contribution in [2.45, 2.75) is 47.6 Å². The topological polar surface area (TPSA) is 54.1 Å². The zero-order chi connectivity index (χ0) is 52.2. The van der Waals surface area contributed by atoms with Crippen molar-refractivity contribution >= 4 is 22.7 Å². The summed E-state index contributed by atoms with van der Waals surface area (Å²) in [5.74, 6) is -0.115. The molecular weight excluding hydrogens is 921 g/mol. The number of hydrogen-bond acceptors (Lipinski definition) is 4. The molecule has 0 spiro atoms. The molecule has 4 nitrogen and oxygen atoms in total. The minimum atomic E-state index is -0.286. The summed E-state index contributed by atoms with van der Waals surface area (Å²) in [6.07, 6.45) is 18.3. The highest BCUT2D eigenvalue weighted by molar-refractivity contribution is 5.93. The molecule has 0 aliphatic heterocycles. The lowest BCUT2D eigenvalue weighted by Crippen LogP contribution is -2.38. The molecule has 8 aromatic rings. The molecule has 0 heterocycles. The average Bonchev–Trinajstić information content (AvgIpc) is 3.53. The molecule has 12 rings (SSSR count). The van der Waals surface area contributed by atoms with E-state index in [9.17, 15) is 10.5 Å². The number of nitrogens with zero attached hydrogens (tertiary/aromatic N) is 4. The van der Waals surface area contributed by atoms with E-state index in [0.717, 1.165) is 73.0 Å². The second-order valence-corrected chi connectivity index (χ2v) is 20.4. The minimum Gasteiger partial charge on any atom is -0.329 e. The second kappa shape index (κ2) is 19.4. The molecule has 2 unspecified atom stereocenters. The smallest absolute Gasteiger partial charge is 0.101 e. The van der Waals surface area contributed by atoms with Crippen LogP contribution in [0.5, 0.6) is 0 Å². The van der Waals surface area contributed by atoms with Crippen molar-refractivity contribution in [3.63, 3.8) is 0 Å². The van der Waals surface area contributed by atoms with Gasteiger partial charge >= 0.3 is 0 Å². The number of anilines is 4. The summed E-state index contributed by atoms with van der Waals surface area (Å²) < 4.78 is 0. The maximum atomic E-state index is 10.9. The largest absolute Gasteiger partial charge is 0.329 e. The third-order valence-electron chi connectivity index (χ3n) is 16.3. The fraction of sp³-hybridized carbons (Fsp3) is 0.111. The standard InChI is InChI=1S/C72H56N4/c1-45-17-14-24-58(48(45)4)54-33-39-69(63(41-54)51-20-8-7-9-21-51)75(65-27-12-10-22-56(65)43-73)67-37-31-52-30-36-62-68(38-32-53-29-35-61(67)71(52)72(53)62)76(66-28-13-11-23-57(66)44-74)70-40-34-55(59-25-15-18-46(2)49(59)5)42-64(70)60-26-16-19-47(3)50(60)6/h7-42,67,72H,1-6H3. The Morgan fingerprint density at radius 2 is 0.987 bits per heavy atom. The van der Waals surface area contributed by atoms with E-state index in [4.69, 9.17) is 0 Å². The monoisotopic (exact) mass is 976 g/mol. The van der Waals surface area contributed by atoms with E-state index in [1.54, 1.807) is 0 Å². The Morgan fingerprint density at radius 1 is 0.421 bits per heavy atom. The summed E-state index contributed by atoms with van der Waals surface area (Å²) in [6.45, 7) is 13.2. The van der Waals surface area contributed by atoms with Gasteiger partial charge in [0.15, 0.2) is 0 Å². The Bertz CT molecular complexity index is 4040. The molecule has 8 aromatic carbocycles. The molecule has 364 valence electrons. The number of benzene rings is 8. The van der Waals surface area contributed by atoms with Gasteiger partial charge in [-0.05, 0) is 191 Å².